The van der Waals surface area contributed by atoms with Crippen molar-refractivity contribution in [1.29, 1.82) is 0 Å². The Balaban J connectivity index is 1.95. The van der Waals surface area contributed by atoms with Gasteiger partial charge in [-0.05, 0) is 12.1 Å². The van der Waals surface area contributed by atoms with Gasteiger partial charge in [0.05, 0.1) is 5.56 Å². The highest BCUT2D eigenvalue weighted by Crippen LogP contribution is 2.25. The molecular weight excluding hydrogens is 340 g/mol. The van der Waals surface area contributed by atoms with Crippen molar-refractivity contribution in [1.82, 2.24) is 9.63 Å². The predicted molar refractivity (Wildman–Crippen MR) is 77.1 cm³/mol. The molecule has 0 N–H and O–H groups in total. The van der Waals surface area contributed by atoms with Crippen LogP contribution in [-0.4, -0.2) is 27.4 Å². The molecule has 0 atom stereocenters. The first kappa shape index (κ1) is 13.8. The highest BCUT2D eigenvalue weighted by atomic mass is 79.9. The van der Waals surface area contributed by atoms with E-state index >= 15 is 0 Å². The fraction of sp³-hybridized carbons (Fsp3) is 0.214. The molecule has 21 heavy (non-hydrogen) atoms. The van der Waals surface area contributed by atoms with Crippen LogP contribution in [0.3, 0.4) is 0 Å². The number of aromatic nitrogens is 1. The molecule has 1 aromatic heterocycles. The van der Waals surface area contributed by atoms with Gasteiger partial charge < -0.3 is 9.40 Å². The van der Waals surface area contributed by atoms with Crippen LogP contribution < -0.4 is 0 Å². The number of hydroxylamine groups is 2. The lowest BCUT2D eigenvalue weighted by Crippen LogP contribution is -2.32. The number of rotatable bonds is 2. The van der Waals surface area contributed by atoms with Gasteiger partial charge in [-0.15, -0.1) is 5.06 Å². The summed E-state index contributed by atoms with van der Waals surface area (Å²) in [5.74, 6) is -1.70. The second kappa shape index (κ2) is 5.00. The second-order valence-corrected chi connectivity index (χ2v) is 5.69. The Morgan fingerprint density at radius 2 is 1.90 bits per heavy atom. The SMILES string of the molecule is Cn1cc(C(=O)ON2C(=O)CCC2=O)c2ccc(Br)cc21. The molecule has 0 spiro atoms. The van der Waals surface area contributed by atoms with Crippen molar-refractivity contribution < 1.29 is 19.2 Å². The summed E-state index contributed by atoms with van der Waals surface area (Å²) in [5, 5.41) is 1.25. The summed E-state index contributed by atoms with van der Waals surface area (Å²) in [5.41, 5.74) is 1.16. The Kier molecular flexibility index (Phi) is 3.29. The number of carbonyl (C=O) groups excluding carboxylic acids is 3. The lowest BCUT2D eigenvalue weighted by Gasteiger charge is -2.11. The maximum Gasteiger partial charge on any atom is 0.366 e. The van der Waals surface area contributed by atoms with Crippen LogP contribution in [0.1, 0.15) is 23.2 Å². The van der Waals surface area contributed by atoms with Crippen molar-refractivity contribution in [3.05, 3.63) is 34.4 Å². The van der Waals surface area contributed by atoms with Crippen LogP contribution in [0.2, 0.25) is 0 Å². The van der Waals surface area contributed by atoms with Crippen LogP contribution in [0.5, 0.6) is 0 Å². The molecule has 1 aliphatic rings. The molecule has 1 fully saturated rings. The number of carbonyl (C=O) groups is 3. The zero-order valence-electron chi connectivity index (χ0n) is 11.1. The van der Waals surface area contributed by atoms with Crippen molar-refractivity contribution in [3.63, 3.8) is 0 Å². The van der Waals surface area contributed by atoms with Gasteiger partial charge in [0.2, 0.25) is 0 Å². The predicted octanol–water partition coefficient (Wildman–Crippen LogP) is 2.16. The lowest BCUT2D eigenvalue weighted by molar-refractivity contribution is -0.172. The standard InChI is InChI=1S/C14H11BrN2O4/c1-16-7-10(9-3-2-8(15)6-11(9)16)14(20)21-17-12(18)4-5-13(17)19/h2-3,6-7H,4-5H2,1H3. The minimum atomic E-state index is -0.716. The van der Waals surface area contributed by atoms with Crippen LogP contribution in [-0.2, 0) is 21.5 Å². The van der Waals surface area contributed by atoms with Gasteiger partial charge in [0.15, 0.2) is 0 Å². The van der Waals surface area contributed by atoms with Gasteiger partial charge in [0.1, 0.15) is 0 Å². The van der Waals surface area contributed by atoms with E-state index in [4.69, 9.17) is 4.84 Å². The van der Waals surface area contributed by atoms with E-state index in [0.29, 0.717) is 16.0 Å². The summed E-state index contributed by atoms with van der Waals surface area (Å²) in [6.45, 7) is 0. The first-order valence-electron chi connectivity index (χ1n) is 6.30. The molecule has 7 heteroatoms. The molecule has 0 unspecified atom stereocenters. The van der Waals surface area contributed by atoms with Crippen molar-refractivity contribution in [2.24, 2.45) is 7.05 Å². The highest BCUT2D eigenvalue weighted by Gasteiger charge is 2.33. The Hall–Kier alpha value is -2.15. The molecule has 2 amide bonds. The first-order valence-corrected chi connectivity index (χ1v) is 7.09. The third-order valence-electron chi connectivity index (χ3n) is 3.35. The Morgan fingerprint density at radius 3 is 2.57 bits per heavy atom. The number of imide groups is 1. The number of aryl methyl sites for hydroxylation is 1. The van der Waals surface area contributed by atoms with E-state index in [1.54, 1.807) is 23.9 Å². The topological polar surface area (TPSA) is 68.6 Å². The fourth-order valence-electron chi connectivity index (χ4n) is 2.31. The van der Waals surface area contributed by atoms with E-state index in [2.05, 4.69) is 15.9 Å². The summed E-state index contributed by atoms with van der Waals surface area (Å²) < 4.78 is 2.67. The number of nitrogens with zero attached hydrogens (tertiary/aromatic N) is 2. The quantitative estimate of drug-likeness (QED) is 0.778. The summed E-state index contributed by atoms with van der Waals surface area (Å²) in [6, 6.07) is 5.47. The Morgan fingerprint density at radius 1 is 1.24 bits per heavy atom. The van der Waals surface area contributed by atoms with Gasteiger partial charge in [-0.2, -0.15) is 0 Å². The Bertz CT molecular complexity index is 765. The third-order valence-corrected chi connectivity index (χ3v) is 3.85. The van der Waals surface area contributed by atoms with Gasteiger partial charge in [0, 0.05) is 41.5 Å². The number of fused-ring (bicyclic) bond motifs is 1. The average molecular weight is 351 g/mol. The van der Waals surface area contributed by atoms with Gasteiger partial charge in [-0.25, -0.2) is 4.79 Å². The molecule has 0 saturated carbocycles. The molecule has 0 aliphatic carbocycles. The molecule has 108 valence electrons. The summed E-state index contributed by atoms with van der Waals surface area (Å²) >= 11 is 3.37. The van der Waals surface area contributed by atoms with Crippen molar-refractivity contribution in [2.75, 3.05) is 0 Å². The maximum atomic E-state index is 12.2. The summed E-state index contributed by atoms with van der Waals surface area (Å²) in [7, 11) is 1.80. The number of benzene rings is 1. The van der Waals surface area contributed by atoms with Crippen LogP contribution in [0.15, 0.2) is 28.9 Å². The lowest BCUT2D eigenvalue weighted by atomic mass is 10.2. The van der Waals surface area contributed by atoms with Crippen LogP contribution >= 0.6 is 15.9 Å². The van der Waals surface area contributed by atoms with Crippen molar-refractivity contribution >= 4 is 44.6 Å². The average Bonchev–Trinajstić information content (AvgIpc) is 2.93. The molecular formula is C14H11BrN2O4. The molecule has 1 aromatic carbocycles. The van der Waals surface area contributed by atoms with Gasteiger partial charge in [0.25, 0.3) is 11.8 Å². The minimum absolute atomic E-state index is 0.0780. The summed E-state index contributed by atoms with van der Waals surface area (Å²) in [6.07, 6.45) is 1.77. The zero-order chi connectivity index (χ0) is 15.1. The van der Waals surface area contributed by atoms with Gasteiger partial charge >= 0.3 is 5.97 Å². The molecule has 1 aliphatic heterocycles. The highest BCUT2D eigenvalue weighted by molar-refractivity contribution is 9.10. The third kappa shape index (κ3) is 2.33. The van der Waals surface area contributed by atoms with E-state index in [1.807, 2.05) is 12.1 Å². The van der Waals surface area contributed by atoms with Gasteiger partial charge in [-0.1, -0.05) is 22.0 Å². The number of halogens is 1. The Labute approximate surface area is 128 Å². The minimum Gasteiger partial charge on any atom is -0.350 e. The number of hydrogen-bond acceptors (Lipinski definition) is 4. The van der Waals surface area contributed by atoms with Crippen molar-refractivity contribution in [3.8, 4) is 0 Å². The maximum absolute atomic E-state index is 12.2. The van der Waals surface area contributed by atoms with Crippen LogP contribution in [0.25, 0.3) is 10.9 Å². The molecule has 6 nitrogen and oxygen atoms in total. The molecule has 2 aromatic rings. The van der Waals surface area contributed by atoms with Crippen LogP contribution in [0, 0.1) is 0 Å². The summed E-state index contributed by atoms with van der Waals surface area (Å²) in [4.78, 5) is 40.1. The molecule has 0 radical (unpaired) electrons. The van der Waals surface area contributed by atoms with E-state index in [1.165, 1.54) is 0 Å². The van der Waals surface area contributed by atoms with Crippen molar-refractivity contribution in [2.45, 2.75) is 12.8 Å². The van der Waals surface area contributed by atoms with Crippen LogP contribution in [0.4, 0.5) is 0 Å². The van der Waals surface area contributed by atoms with E-state index < -0.39 is 17.8 Å². The first-order chi connectivity index (χ1) is 9.97. The molecule has 0 bridgehead atoms. The number of hydrogen-bond donors (Lipinski definition) is 0. The molecule has 1 saturated heterocycles. The normalized spacial score (nSPS) is 15.0. The molecule has 2 heterocycles. The van der Waals surface area contributed by atoms with E-state index in [0.717, 1.165) is 9.99 Å². The number of amides is 2. The van der Waals surface area contributed by atoms with E-state index in [-0.39, 0.29) is 12.8 Å². The zero-order valence-corrected chi connectivity index (χ0v) is 12.7. The fourth-order valence-corrected chi connectivity index (χ4v) is 2.66. The monoisotopic (exact) mass is 350 g/mol. The largest absolute Gasteiger partial charge is 0.366 e. The smallest absolute Gasteiger partial charge is 0.350 e. The van der Waals surface area contributed by atoms with E-state index in [9.17, 15) is 14.4 Å². The second-order valence-electron chi connectivity index (χ2n) is 4.78. The van der Waals surface area contributed by atoms with Gasteiger partial charge in [-0.3, -0.25) is 9.59 Å². The molecule has 3 rings (SSSR count).